The maximum Gasteiger partial charge on any atom is 0.239 e. The maximum absolute atomic E-state index is 12.1. The third-order valence-corrected chi connectivity index (χ3v) is 5.36. The van der Waals surface area contributed by atoms with Gasteiger partial charge < -0.3 is 19.7 Å². The highest BCUT2D eigenvalue weighted by Crippen LogP contribution is 2.20. The Morgan fingerprint density at radius 2 is 1.87 bits per heavy atom. The fraction of sp³-hybridized carbons (Fsp3) is 0.391. The van der Waals surface area contributed by atoms with Crippen molar-refractivity contribution in [1.82, 2.24) is 15.0 Å². The zero-order valence-electron chi connectivity index (χ0n) is 17.7. The minimum absolute atomic E-state index is 0.106. The van der Waals surface area contributed by atoms with E-state index >= 15 is 0 Å². The number of aromatic nitrogens is 1. The molecule has 1 saturated heterocycles. The van der Waals surface area contributed by atoms with E-state index in [4.69, 9.17) is 9.26 Å². The van der Waals surface area contributed by atoms with Crippen LogP contribution < -0.4 is 10.1 Å². The maximum atomic E-state index is 12.1. The number of amides is 1. The summed E-state index contributed by atoms with van der Waals surface area (Å²) in [5.74, 6) is 1.75. The van der Waals surface area contributed by atoms with Gasteiger partial charge in [0.2, 0.25) is 5.91 Å². The second-order valence-corrected chi connectivity index (χ2v) is 7.92. The second kappa shape index (κ2) is 9.91. The molecular weight excluding hydrogens is 396 g/mol. The molecule has 1 atom stereocenters. The minimum Gasteiger partial charge on any atom is -0.491 e. The molecule has 2 heterocycles. The van der Waals surface area contributed by atoms with Gasteiger partial charge in [-0.25, -0.2) is 0 Å². The van der Waals surface area contributed by atoms with Crippen LogP contribution in [0.25, 0.3) is 10.8 Å². The Kier molecular flexibility index (Phi) is 6.81. The topological polar surface area (TPSA) is 91.1 Å². The number of carbonyl (C=O) groups excluding carboxylic acids is 1. The first-order valence-corrected chi connectivity index (χ1v) is 10.5. The van der Waals surface area contributed by atoms with E-state index in [0.29, 0.717) is 24.7 Å². The lowest BCUT2D eigenvalue weighted by atomic mass is 10.1. The summed E-state index contributed by atoms with van der Waals surface area (Å²) < 4.78 is 10.8. The number of ether oxygens (including phenoxy) is 1. The van der Waals surface area contributed by atoms with Crippen LogP contribution in [0.15, 0.2) is 53.1 Å². The van der Waals surface area contributed by atoms with Crippen LogP contribution in [0.2, 0.25) is 0 Å². The minimum atomic E-state index is -0.572. The number of fused-ring (bicyclic) bond motifs is 1. The standard InChI is InChI=1S/C23H28N4O4/c1-17-12-22(25-31-17)24-23(29)15-27-10-8-26(9-11-27)14-20(28)16-30-21-7-6-18-4-2-3-5-19(18)13-21/h2-7,12-13,20,28H,8-11,14-16H2,1H3,(H,24,25,29)/t20-/m0/s1. The van der Waals surface area contributed by atoms with E-state index in [0.717, 1.165) is 42.7 Å². The first kappa shape index (κ1) is 21.3. The molecule has 8 nitrogen and oxygen atoms in total. The van der Waals surface area contributed by atoms with Gasteiger partial charge >= 0.3 is 0 Å². The van der Waals surface area contributed by atoms with E-state index < -0.39 is 6.10 Å². The molecule has 0 unspecified atom stereocenters. The van der Waals surface area contributed by atoms with E-state index in [2.05, 4.69) is 26.3 Å². The first-order chi connectivity index (χ1) is 15.0. The van der Waals surface area contributed by atoms with Crippen molar-refractivity contribution in [3.8, 4) is 5.75 Å². The van der Waals surface area contributed by atoms with Crippen LogP contribution in [0.3, 0.4) is 0 Å². The van der Waals surface area contributed by atoms with Crippen LogP contribution >= 0.6 is 0 Å². The Morgan fingerprint density at radius 3 is 2.61 bits per heavy atom. The van der Waals surface area contributed by atoms with Crippen molar-refractivity contribution in [2.75, 3.05) is 51.2 Å². The number of benzene rings is 2. The van der Waals surface area contributed by atoms with Crippen LogP contribution in [0.5, 0.6) is 5.75 Å². The van der Waals surface area contributed by atoms with Gasteiger partial charge in [0.15, 0.2) is 5.82 Å². The summed E-state index contributed by atoms with van der Waals surface area (Å²) in [6.45, 7) is 6.01. The zero-order valence-corrected chi connectivity index (χ0v) is 17.7. The molecule has 2 aromatic carbocycles. The predicted octanol–water partition coefficient (Wildman–Crippen LogP) is 2.13. The number of anilines is 1. The molecule has 31 heavy (non-hydrogen) atoms. The third-order valence-electron chi connectivity index (χ3n) is 5.36. The van der Waals surface area contributed by atoms with E-state index in [1.807, 2.05) is 36.4 Å². The summed E-state index contributed by atoms with van der Waals surface area (Å²) in [6, 6.07) is 15.8. The highest BCUT2D eigenvalue weighted by Gasteiger charge is 2.21. The Morgan fingerprint density at radius 1 is 1.13 bits per heavy atom. The molecule has 0 saturated carbocycles. The highest BCUT2D eigenvalue weighted by molar-refractivity contribution is 5.91. The lowest BCUT2D eigenvalue weighted by molar-refractivity contribution is -0.117. The van der Waals surface area contributed by atoms with Crippen LogP contribution in [0.4, 0.5) is 5.82 Å². The monoisotopic (exact) mass is 424 g/mol. The van der Waals surface area contributed by atoms with Gasteiger partial charge in [-0.1, -0.05) is 35.5 Å². The average molecular weight is 425 g/mol. The molecule has 1 aliphatic rings. The van der Waals surface area contributed by atoms with Crippen LogP contribution in [0, 0.1) is 6.92 Å². The molecule has 0 spiro atoms. The summed E-state index contributed by atoms with van der Waals surface area (Å²) in [6.07, 6.45) is -0.572. The molecule has 0 aliphatic carbocycles. The number of aliphatic hydroxyl groups is 1. The number of nitrogens with one attached hydrogen (secondary N) is 1. The Hall–Kier alpha value is -2.94. The third kappa shape index (κ3) is 6.04. The summed E-state index contributed by atoms with van der Waals surface area (Å²) in [7, 11) is 0. The number of aryl methyl sites for hydroxylation is 1. The van der Waals surface area contributed by atoms with Crippen molar-refractivity contribution in [3.63, 3.8) is 0 Å². The van der Waals surface area contributed by atoms with E-state index in [1.54, 1.807) is 13.0 Å². The van der Waals surface area contributed by atoms with Gasteiger partial charge in [0.05, 0.1) is 6.54 Å². The molecule has 164 valence electrons. The summed E-state index contributed by atoms with van der Waals surface area (Å²) >= 11 is 0. The SMILES string of the molecule is Cc1cc(NC(=O)CN2CCN(C[C@H](O)COc3ccc4ccccc4c3)CC2)no1. The number of aliphatic hydroxyl groups excluding tert-OH is 1. The van der Waals surface area contributed by atoms with E-state index in [9.17, 15) is 9.90 Å². The second-order valence-electron chi connectivity index (χ2n) is 7.92. The molecule has 1 amide bonds. The molecule has 1 aromatic heterocycles. The zero-order chi connectivity index (χ0) is 21.6. The van der Waals surface area contributed by atoms with Crippen LogP contribution in [-0.2, 0) is 4.79 Å². The Balaban J connectivity index is 1.16. The molecule has 2 N–H and O–H groups in total. The fourth-order valence-corrected chi connectivity index (χ4v) is 3.74. The lowest BCUT2D eigenvalue weighted by Gasteiger charge is -2.35. The van der Waals surface area contributed by atoms with Crippen molar-refractivity contribution >= 4 is 22.5 Å². The predicted molar refractivity (Wildman–Crippen MR) is 118 cm³/mol. The quantitative estimate of drug-likeness (QED) is 0.572. The van der Waals surface area contributed by atoms with Gasteiger partial charge in [-0.2, -0.15) is 0 Å². The number of rotatable bonds is 8. The van der Waals surface area contributed by atoms with Gasteiger partial charge in [-0.15, -0.1) is 0 Å². The largest absolute Gasteiger partial charge is 0.491 e. The van der Waals surface area contributed by atoms with Crippen molar-refractivity contribution < 1.29 is 19.2 Å². The van der Waals surface area contributed by atoms with Gasteiger partial charge in [0.25, 0.3) is 0 Å². The van der Waals surface area contributed by atoms with Crippen molar-refractivity contribution in [1.29, 1.82) is 0 Å². The summed E-state index contributed by atoms with van der Waals surface area (Å²) in [5, 5.41) is 19.2. The van der Waals surface area contributed by atoms with Crippen molar-refractivity contribution in [2.45, 2.75) is 13.0 Å². The molecule has 3 aromatic rings. The summed E-state index contributed by atoms with van der Waals surface area (Å²) in [5.41, 5.74) is 0. The average Bonchev–Trinajstić information content (AvgIpc) is 3.18. The smallest absolute Gasteiger partial charge is 0.239 e. The van der Waals surface area contributed by atoms with Gasteiger partial charge in [-0.3, -0.25) is 14.6 Å². The first-order valence-electron chi connectivity index (χ1n) is 10.5. The summed E-state index contributed by atoms with van der Waals surface area (Å²) in [4.78, 5) is 16.4. The molecular formula is C23H28N4O4. The molecule has 4 rings (SSSR count). The van der Waals surface area contributed by atoms with Gasteiger partial charge in [-0.05, 0) is 29.8 Å². The van der Waals surface area contributed by atoms with Crippen molar-refractivity contribution in [2.24, 2.45) is 0 Å². The molecule has 0 radical (unpaired) electrons. The van der Waals surface area contributed by atoms with Crippen molar-refractivity contribution in [3.05, 3.63) is 54.3 Å². The molecule has 8 heteroatoms. The molecule has 0 bridgehead atoms. The van der Waals surface area contributed by atoms with Gasteiger partial charge in [0.1, 0.15) is 24.2 Å². The number of nitrogens with zero attached hydrogens (tertiary/aromatic N) is 3. The van der Waals surface area contributed by atoms with Gasteiger partial charge in [0, 0.05) is 38.8 Å². The Labute approximate surface area is 181 Å². The fourth-order valence-electron chi connectivity index (χ4n) is 3.74. The number of hydrogen-bond donors (Lipinski definition) is 2. The lowest BCUT2D eigenvalue weighted by Crippen LogP contribution is -2.50. The van der Waals surface area contributed by atoms with Crippen LogP contribution in [-0.4, -0.2) is 77.9 Å². The van der Waals surface area contributed by atoms with Crippen LogP contribution in [0.1, 0.15) is 5.76 Å². The normalized spacial score (nSPS) is 16.3. The number of carbonyl (C=O) groups is 1. The van der Waals surface area contributed by atoms with E-state index in [-0.39, 0.29) is 12.5 Å². The Bertz CT molecular complexity index is 1010. The van der Waals surface area contributed by atoms with E-state index in [1.165, 1.54) is 0 Å². The molecule has 1 aliphatic heterocycles. The number of piperazine rings is 1. The highest BCUT2D eigenvalue weighted by atomic mass is 16.5. The number of β-amino-alcohol motifs (C(OH)–C–C–N with tert-alkyl or cyclic N) is 1. The number of hydrogen-bond acceptors (Lipinski definition) is 7. The molecule has 1 fully saturated rings.